The number of aliphatic hydroxyl groups is 1. The van der Waals surface area contributed by atoms with Gasteiger partial charge in [0.1, 0.15) is 4.21 Å². The predicted molar refractivity (Wildman–Crippen MR) is 65.2 cm³/mol. The first-order valence-corrected chi connectivity index (χ1v) is 7.47. The maximum absolute atomic E-state index is 11.7. The van der Waals surface area contributed by atoms with Gasteiger partial charge in [0.2, 0.25) is 10.0 Å². The molecule has 0 saturated carbocycles. The van der Waals surface area contributed by atoms with Crippen molar-refractivity contribution in [3.63, 3.8) is 0 Å². The van der Waals surface area contributed by atoms with Gasteiger partial charge < -0.3 is 9.84 Å². The van der Waals surface area contributed by atoms with Gasteiger partial charge in [0, 0.05) is 6.54 Å². The van der Waals surface area contributed by atoms with E-state index in [-0.39, 0.29) is 4.21 Å². The summed E-state index contributed by atoms with van der Waals surface area (Å²) in [5, 5.41) is 9.23. The number of rotatable bonds is 5. The van der Waals surface area contributed by atoms with Crippen LogP contribution in [-0.4, -0.2) is 39.3 Å². The third kappa shape index (κ3) is 4.03. The number of thiophene rings is 1. The van der Waals surface area contributed by atoms with Gasteiger partial charge >= 0.3 is 5.97 Å². The third-order valence-corrected chi connectivity index (χ3v) is 5.29. The fourth-order valence-corrected chi connectivity index (χ4v) is 4.01. The lowest BCUT2D eigenvalue weighted by molar-refractivity contribution is -0.149. The SMILES string of the molecule is COC(=O)C(O)CNS(=O)(=O)c1ccc(Br)s1. The zero-order chi connectivity index (χ0) is 13.1. The van der Waals surface area contributed by atoms with Crippen LogP contribution in [0.2, 0.25) is 0 Å². The van der Waals surface area contributed by atoms with Crippen LogP contribution in [0.25, 0.3) is 0 Å². The highest BCUT2D eigenvalue weighted by Gasteiger charge is 2.21. The van der Waals surface area contributed by atoms with E-state index in [2.05, 4.69) is 25.4 Å². The monoisotopic (exact) mass is 343 g/mol. The Morgan fingerprint density at radius 3 is 2.76 bits per heavy atom. The highest BCUT2D eigenvalue weighted by molar-refractivity contribution is 9.11. The second kappa shape index (κ2) is 5.91. The first-order chi connectivity index (χ1) is 7.86. The van der Waals surface area contributed by atoms with Crippen LogP contribution in [0.4, 0.5) is 0 Å². The Kier molecular flexibility index (Phi) is 5.07. The van der Waals surface area contributed by atoms with Gasteiger partial charge in [-0.05, 0) is 28.1 Å². The molecule has 6 nitrogen and oxygen atoms in total. The standard InChI is InChI=1S/C8H10BrNO5S2/c1-15-8(12)5(11)4-10-17(13,14)7-3-2-6(9)16-7/h2-3,5,10-11H,4H2,1H3. The van der Waals surface area contributed by atoms with E-state index in [4.69, 9.17) is 0 Å². The Balaban J connectivity index is 2.66. The Morgan fingerprint density at radius 2 is 2.29 bits per heavy atom. The molecule has 1 aromatic heterocycles. The Hall–Kier alpha value is -0.480. The summed E-state index contributed by atoms with van der Waals surface area (Å²) in [5.74, 6) is -0.889. The average Bonchev–Trinajstić information content (AvgIpc) is 2.72. The lowest BCUT2D eigenvalue weighted by atomic mass is 10.4. The molecule has 0 saturated heterocycles. The molecule has 17 heavy (non-hydrogen) atoms. The normalized spacial score (nSPS) is 13.4. The molecule has 1 aromatic rings. The Bertz CT molecular complexity index is 498. The van der Waals surface area contributed by atoms with Crippen molar-refractivity contribution in [1.82, 2.24) is 4.72 Å². The summed E-state index contributed by atoms with van der Waals surface area (Å²) in [4.78, 5) is 10.9. The fraction of sp³-hybridized carbons (Fsp3) is 0.375. The maximum atomic E-state index is 11.7. The molecular weight excluding hydrogens is 334 g/mol. The highest BCUT2D eigenvalue weighted by Crippen LogP contribution is 2.25. The number of methoxy groups -OCH3 is 1. The molecule has 2 N–H and O–H groups in total. The summed E-state index contributed by atoms with van der Waals surface area (Å²) in [7, 11) is -2.60. The minimum atomic E-state index is -3.71. The predicted octanol–water partition coefficient (Wildman–Crippen LogP) is 0.323. The summed E-state index contributed by atoms with van der Waals surface area (Å²) in [6.45, 7) is -0.426. The number of carbonyl (C=O) groups excluding carboxylic acids is 1. The second-order valence-electron chi connectivity index (χ2n) is 2.95. The molecule has 0 spiro atoms. The van der Waals surface area contributed by atoms with Crippen molar-refractivity contribution in [1.29, 1.82) is 0 Å². The van der Waals surface area contributed by atoms with Crippen LogP contribution in [0.5, 0.6) is 0 Å². The molecule has 0 aliphatic rings. The first kappa shape index (κ1) is 14.6. The minimum Gasteiger partial charge on any atom is -0.467 e. The smallest absolute Gasteiger partial charge is 0.336 e. The molecule has 9 heteroatoms. The number of aliphatic hydroxyl groups excluding tert-OH is 1. The fourth-order valence-electron chi connectivity index (χ4n) is 0.921. The first-order valence-electron chi connectivity index (χ1n) is 4.37. The molecule has 0 aliphatic carbocycles. The zero-order valence-electron chi connectivity index (χ0n) is 8.71. The number of nitrogens with one attached hydrogen (secondary N) is 1. The lowest BCUT2D eigenvalue weighted by Gasteiger charge is -2.09. The minimum absolute atomic E-state index is 0.0986. The van der Waals surface area contributed by atoms with Crippen molar-refractivity contribution >= 4 is 43.3 Å². The number of hydrogen-bond acceptors (Lipinski definition) is 6. The summed E-state index contributed by atoms with van der Waals surface area (Å²) >= 11 is 4.17. The van der Waals surface area contributed by atoms with Crippen molar-refractivity contribution in [3.05, 3.63) is 15.9 Å². The van der Waals surface area contributed by atoms with Crippen LogP contribution in [0, 0.1) is 0 Å². The quantitative estimate of drug-likeness (QED) is 0.751. The Morgan fingerprint density at radius 1 is 1.65 bits per heavy atom. The van der Waals surface area contributed by atoms with E-state index in [0.29, 0.717) is 3.79 Å². The van der Waals surface area contributed by atoms with Gasteiger partial charge in [-0.25, -0.2) is 17.9 Å². The van der Waals surface area contributed by atoms with Gasteiger partial charge in [0.15, 0.2) is 6.10 Å². The molecule has 0 radical (unpaired) electrons. The lowest BCUT2D eigenvalue weighted by Crippen LogP contribution is -2.36. The van der Waals surface area contributed by atoms with Gasteiger partial charge in [-0.15, -0.1) is 11.3 Å². The van der Waals surface area contributed by atoms with Gasteiger partial charge in [0.25, 0.3) is 0 Å². The van der Waals surface area contributed by atoms with Crippen LogP contribution >= 0.6 is 27.3 Å². The Labute approximate surface area is 111 Å². The topological polar surface area (TPSA) is 92.7 Å². The van der Waals surface area contributed by atoms with E-state index in [1.165, 1.54) is 6.07 Å². The molecular formula is C8H10BrNO5S2. The van der Waals surface area contributed by atoms with Crippen LogP contribution in [0.15, 0.2) is 20.1 Å². The highest BCUT2D eigenvalue weighted by atomic mass is 79.9. The van der Waals surface area contributed by atoms with Crippen LogP contribution in [0.3, 0.4) is 0 Å². The van der Waals surface area contributed by atoms with Gasteiger partial charge in [-0.1, -0.05) is 0 Å². The van der Waals surface area contributed by atoms with Crippen molar-refractivity contribution in [2.24, 2.45) is 0 Å². The van der Waals surface area contributed by atoms with E-state index >= 15 is 0 Å². The molecule has 1 rings (SSSR count). The molecule has 0 bridgehead atoms. The second-order valence-corrected chi connectivity index (χ2v) is 7.41. The molecule has 0 aromatic carbocycles. The summed E-state index contributed by atoms with van der Waals surface area (Å²) in [6, 6.07) is 3.01. The van der Waals surface area contributed by atoms with Gasteiger partial charge in [0.05, 0.1) is 10.9 Å². The van der Waals surface area contributed by atoms with Gasteiger partial charge in [-0.3, -0.25) is 0 Å². The van der Waals surface area contributed by atoms with Crippen LogP contribution < -0.4 is 4.72 Å². The maximum Gasteiger partial charge on any atom is 0.336 e. The summed E-state index contributed by atoms with van der Waals surface area (Å²) in [6.07, 6.45) is -1.52. The third-order valence-electron chi connectivity index (χ3n) is 1.75. The van der Waals surface area contributed by atoms with Crippen molar-refractivity contribution in [2.75, 3.05) is 13.7 Å². The molecule has 0 fully saturated rings. The van der Waals surface area contributed by atoms with Crippen LogP contribution in [0.1, 0.15) is 0 Å². The largest absolute Gasteiger partial charge is 0.467 e. The van der Waals surface area contributed by atoms with E-state index in [1.807, 2.05) is 0 Å². The van der Waals surface area contributed by atoms with E-state index < -0.39 is 28.6 Å². The number of hydrogen-bond donors (Lipinski definition) is 2. The number of esters is 1. The van der Waals surface area contributed by atoms with E-state index in [1.54, 1.807) is 6.07 Å². The average molecular weight is 344 g/mol. The van der Waals surface area contributed by atoms with Crippen molar-refractivity contribution in [2.45, 2.75) is 10.3 Å². The molecule has 1 unspecified atom stereocenters. The number of halogens is 1. The molecule has 1 heterocycles. The van der Waals surface area contributed by atoms with E-state index in [9.17, 15) is 18.3 Å². The molecule has 0 amide bonds. The molecule has 0 aliphatic heterocycles. The van der Waals surface area contributed by atoms with Gasteiger partial charge in [-0.2, -0.15) is 0 Å². The van der Waals surface area contributed by atoms with Crippen LogP contribution in [-0.2, 0) is 19.6 Å². The summed E-state index contributed by atoms with van der Waals surface area (Å²) < 4.78 is 30.5. The summed E-state index contributed by atoms with van der Waals surface area (Å²) in [5.41, 5.74) is 0. The van der Waals surface area contributed by atoms with Crippen molar-refractivity contribution < 1.29 is 23.1 Å². The van der Waals surface area contributed by atoms with Crippen molar-refractivity contribution in [3.8, 4) is 0 Å². The number of sulfonamides is 1. The zero-order valence-corrected chi connectivity index (χ0v) is 11.9. The molecule has 1 atom stereocenters. The number of carbonyl (C=O) groups is 1. The van der Waals surface area contributed by atoms with E-state index in [0.717, 1.165) is 18.4 Å². The number of ether oxygens (including phenoxy) is 1. The molecule has 96 valence electrons.